The zero-order valence-electron chi connectivity index (χ0n) is 22.6. The zero-order chi connectivity index (χ0) is 29.4. The minimum absolute atomic E-state index is 0.0477. The largest absolute Gasteiger partial charge is 0.494 e. The van der Waals surface area contributed by atoms with Crippen molar-refractivity contribution in [2.75, 3.05) is 18.5 Å². The molecular weight excluding hydrogens is 598 g/mol. The first-order valence-electron chi connectivity index (χ1n) is 13.4. The molecule has 0 fully saturated rings. The number of carbonyl (C=O) groups is 1. The van der Waals surface area contributed by atoms with E-state index in [1.54, 1.807) is 30.3 Å². The van der Waals surface area contributed by atoms with Gasteiger partial charge in [0.15, 0.2) is 11.6 Å². The lowest BCUT2D eigenvalue weighted by molar-refractivity contribution is -0.123. The summed E-state index contributed by atoms with van der Waals surface area (Å²) in [6.45, 7) is 0.437. The third-order valence-corrected chi connectivity index (χ3v) is 7.62. The minimum Gasteiger partial charge on any atom is -0.494 e. The van der Waals surface area contributed by atoms with Crippen LogP contribution in [0.3, 0.4) is 0 Å². The van der Waals surface area contributed by atoms with Gasteiger partial charge in [-0.2, -0.15) is 0 Å². The number of nitrogens with one attached hydrogen (secondary N) is 1. The number of anilines is 1. The van der Waals surface area contributed by atoms with E-state index in [0.717, 1.165) is 10.0 Å². The van der Waals surface area contributed by atoms with Gasteiger partial charge in [-0.25, -0.2) is 4.99 Å². The Bertz CT molecular complexity index is 1620. The number of aliphatic imine (C=N–C) groups is 1. The molecule has 4 aromatic carbocycles. The molecule has 0 spiro atoms. The number of nitrogens with zero attached hydrogens (tertiary/aromatic N) is 4. The second-order valence-corrected chi connectivity index (χ2v) is 10.5. The van der Waals surface area contributed by atoms with Crippen molar-refractivity contribution in [2.45, 2.75) is 24.5 Å². The van der Waals surface area contributed by atoms with Crippen LogP contribution in [0.1, 0.15) is 29.2 Å². The minimum atomic E-state index is -1.48. The van der Waals surface area contributed by atoms with Crippen LogP contribution >= 0.6 is 15.9 Å². The topological polar surface area (TPSA) is 129 Å². The molecule has 2 atom stereocenters. The number of azide groups is 1. The van der Waals surface area contributed by atoms with Crippen molar-refractivity contribution in [1.82, 2.24) is 0 Å². The Hall–Kier alpha value is -4.63. The van der Waals surface area contributed by atoms with Crippen LogP contribution in [0.15, 0.2) is 118 Å². The van der Waals surface area contributed by atoms with Crippen LogP contribution in [0.2, 0.25) is 0 Å². The van der Waals surface area contributed by atoms with E-state index in [-0.39, 0.29) is 24.8 Å². The Morgan fingerprint density at radius 2 is 1.74 bits per heavy atom. The van der Waals surface area contributed by atoms with Gasteiger partial charge in [0.2, 0.25) is 5.90 Å². The summed E-state index contributed by atoms with van der Waals surface area (Å²) in [6, 6.07) is 31.1. The van der Waals surface area contributed by atoms with E-state index in [2.05, 4.69) is 31.3 Å². The number of hydrogen-bond donors (Lipinski definition) is 2. The number of aliphatic hydroxyl groups is 1. The maximum absolute atomic E-state index is 14.4. The molecular formula is C32H28BrN5O4. The molecule has 1 amide bonds. The highest BCUT2D eigenvalue weighted by Gasteiger charge is 2.54. The Balaban J connectivity index is 1.64. The number of para-hydroxylation sites is 1. The van der Waals surface area contributed by atoms with Gasteiger partial charge >= 0.3 is 0 Å². The first-order chi connectivity index (χ1) is 20.5. The monoisotopic (exact) mass is 625 g/mol. The average Bonchev–Trinajstić information content (AvgIpc) is 3.40. The molecule has 0 bridgehead atoms. The highest BCUT2D eigenvalue weighted by molar-refractivity contribution is 9.10. The summed E-state index contributed by atoms with van der Waals surface area (Å²) in [6.07, 6.45) is -0.211. The van der Waals surface area contributed by atoms with Crippen molar-refractivity contribution in [3.63, 3.8) is 0 Å². The molecule has 1 aliphatic heterocycles. The van der Waals surface area contributed by atoms with Crippen LogP contribution in [-0.4, -0.2) is 35.7 Å². The molecule has 10 heteroatoms. The number of benzene rings is 4. The molecule has 42 heavy (non-hydrogen) atoms. The second kappa shape index (κ2) is 13.4. The molecule has 2 N–H and O–H groups in total. The normalized spacial score (nSPS) is 17.5. The molecule has 0 aliphatic carbocycles. The van der Waals surface area contributed by atoms with Crippen molar-refractivity contribution in [2.24, 2.45) is 10.1 Å². The molecule has 0 aromatic heterocycles. The van der Waals surface area contributed by atoms with E-state index >= 15 is 0 Å². The van der Waals surface area contributed by atoms with Crippen molar-refractivity contribution < 1.29 is 19.4 Å². The van der Waals surface area contributed by atoms with E-state index < -0.39 is 11.6 Å². The molecule has 9 nitrogen and oxygen atoms in total. The molecule has 0 saturated carbocycles. The SMILES string of the molecule is [N-]=[N+]=Nc1ccccc1[C@H]1OC(c2ccc(OCCCO)cc2)=N[C@@]1(Cc1ccccc1Br)C(=O)Nc1ccccc1. The average molecular weight is 627 g/mol. The Kier molecular flexibility index (Phi) is 9.18. The van der Waals surface area contributed by atoms with Crippen LogP contribution in [0, 0.1) is 0 Å². The number of aliphatic hydroxyl groups excluding tert-OH is 1. The van der Waals surface area contributed by atoms with Gasteiger partial charge in [-0.15, -0.1) is 0 Å². The number of rotatable bonds is 11. The van der Waals surface area contributed by atoms with Gasteiger partial charge < -0.3 is 19.9 Å². The van der Waals surface area contributed by atoms with Gasteiger partial charge in [-0.1, -0.05) is 81.7 Å². The Morgan fingerprint density at radius 1 is 1.02 bits per heavy atom. The predicted octanol–water partition coefficient (Wildman–Crippen LogP) is 7.29. The smallest absolute Gasteiger partial charge is 0.257 e. The molecule has 4 aromatic rings. The summed E-state index contributed by atoms with van der Waals surface area (Å²) >= 11 is 3.64. The number of ether oxygens (including phenoxy) is 2. The molecule has 5 rings (SSSR count). The predicted molar refractivity (Wildman–Crippen MR) is 165 cm³/mol. The summed E-state index contributed by atoms with van der Waals surface area (Å²) in [5.74, 6) is 0.536. The lowest BCUT2D eigenvalue weighted by atomic mass is 9.81. The number of amides is 1. The van der Waals surface area contributed by atoms with Crippen molar-refractivity contribution >= 4 is 39.1 Å². The van der Waals surface area contributed by atoms with E-state index in [9.17, 15) is 10.3 Å². The molecule has 212 valence electrons. The third kappa shape index (κ3) is 6.31. The summed E-state index contributed by atoms with van der Waals surface area (Å²) in [7, 11) is 0. The zero-order valence-corrected chi connectivity index (χ0v) is 24.1. The fraction of sp³-hybridized carbons (Fsp3) is 0.188. The molecule has 1 aliphatic rings. The van der Waals surface area contributed by atoms with Gasteiger partial charge in [0.25, 0.3) is 5.91 Å². The van der Waals surface area contributed by atoms with Crippen LogP contribution in [0.25, 0.3) is 10.4 Å². The number of hydrogen-bond acceptors (Lipinski definition) is 6. The maximum Gasteiger partial charge on any atom is 0.257 e. The highest BCUT2D eigenvalue weighted by atomic mass is 79.9. The number of halogens is 1. The van der Waals surface area contributed by atoms with E-state index in [1.165, 1.54) is 0 Å². The fourth-order valence-electron chi connectivity index (χ4n) is 4.80. The van der Waals surface area contributed by atoms with Crippen LogP contribution < -0.4 is 10.1 Å². The van der Waals surface area contributed by atoms with Crippen LogP contribution in [0.4, 0.5) is 11.4 Å². The highest BCUT2D eigenvalue weighted by Crippen LogP contribution is 2.46. The quantitative estimate of drug-likeness (QED) is 0.0784. The molecule has 1 heterocycles. The van der Waals surface area contributed by atoms with E-state index in [4.69, 9.17) is 19.6 Å². The Morgan fingerprint density at radius 3 is 2.48 bits per heavy atom. The van der Waals surface area contributed by atoms with Crippen molar-refractivity contribution in [3.05, 3.63) is 135 Å². The van der Waals surface area contributed by atoms with Crippen molar-refractivity contribution in [1.29, 1.82) is 0 Å². The van der Waals surface area contributed by atoms with Crippen LogP contribution in [-0.2, 0) is 16.0 Å². The first kappa shape index (κ1) is 28.9. The number of carbonyl (C=O) groups excluding carboxylic acids is 1. The lowest BCUT2D eigenvalue weighted by Gasteiger charge is -2.31. The summed E-state index contributed by atoms with van der Waals surface area (Å²) in [4.78, 5) is 22.5. The second-order valence-electron chi connectivity index (χ2n) is 9.63. The van der Waals surface area contributed by atoms with Gasteiger partial charge in [0, 0.05) is 51.3 Å². The third-order valence-electron chi connectivity index (χ3n) is 6.85. The van der Waals surface area contributed by atoms with Gasteiger partial charge in [0.1, 0.15) is 5.75 Å². The van der Waals surface area contributed by atoms with Gasteiger partial charge in [-0.3, -0.25) is 4.79 Å². The molecule has 0 radical (unpaired) electrons. The first-order valence-corrected chi connectivity index (χ1v) is 14.2. The standard InChI is InChI=1S/C32H28BrN5O4/c33-27-13-6-4-9-23(27)21-32(31(40)35-24-10-2-1-3-11-24)29(26-12-5-7-14-28(26)37-38-34)42-30(36-32)22-15-17-25(18-16-22)41-20-8-19-39/h1-7,9-18,29,39H,8,19-21H2,(H,35,40)/t29-,32-/m1/s1. The summed E-state index contributed by atoms with van der Waals surface area (Å²) in [5.41, 5.74) is 10.8. The lowest BCUT2D eigenvalue weighted by Crippen LogP contribution is -2.46. The van der Waals surface area contributed by atoms with E-state index in [1.807, 2.05) is 72.8 Å². The molecule has 0 saturated heterocycles. The van der Waals surface area contributed by atoms with Crippen molar-refractivity contribution in [3.8, 4) is 5.75 Å². The van der Waals surface area contributed by atoms with E-state index in [0.29, 0.717) is 41.3 Å². The molecule has 0 unspecified atom stereocenters. The maximum atomic E-state index is 14.4. The Labute approximate surface area is 251 Å². The fourth-order valence-corrected chi connectivity index (χ4v) is 5.23. The van der Waals surface area contributed by atoms with Gasteiger partial charge in [-0.05, 0) is 53.6 Å². The summed E-state index contributed by atoms with van der Waals surface area (Å²) < 4.78 is 13.1. The van der Waals surface area contributed by atoms with Gasteiger partial charge in [0.05, 0.1) is 6.61 Å². The summed E-state index contributed by atoms with van der Waals surface area (Å²) in [5, 5.41) is 16.0. The van der Waals surface area contributed by atoms with Crippen LogP contribution in [0.5, 0.6) is 5.75 Å².